The Morgan fingerprint density at radius 1 is 1.28 bits per heavy atom. The molecule has 1 N–H and O–H groups in total. The Morgan fingerprint density at radius 2 is 1.94 bits per heavy atom. The van der Waals surface area contributed by atoms with Gasteiger partial charge < -0.3 is 15.1 Å². The first-order valence-electron chi connectivity index (χ1n) is 6.94. The van der Waals surface area contributed by atoms with E-state index in [0.717, 1.165) is 32.5 Å². The molecule has 102 valence electrons. The number of rotatable bonds is 3. The summed E-state index contributed by atoms with van der Waals surface area (Å²) >= 11 is 0. The van der Waals surface area contributed by atoms with Gasteiger partial charge in [-0.3, -0.25) is 9.59 Å². The van der Waals surface area contributed by atoms with Crippen molar-refractivity contribution < 1.29 is 9.59 Å². The Balaban J connectivity index is 1.92. The minimum atomic E-state index is -0.361. The summed E-state index contributed by atoms with van der Waals surface area (Å²) in [4.78, 5) is 27.8. The van der Waals surface area contributed by atoms with Crippen molar-refractivity contribution in [3.05, 3.63) is 0 Å². The van der Waals surface area contributed by atoms with Crippen LogP contribution in [-0.4, -0.2) is 59.9 Å². The van der Waals surface area contributed by atoms with Crippen LogP contribution in [0.2, 0.25) is 0 Å². The number of hydrogen-bond acceptors (Lipinski definition) is 3. The predicted octanol–water partition coefficient (Wildman–Crippen LogP) is 0.208. The van der Waals surface area contributed by atoms with E-state index in [1.165, 1.54) is 6.42 Å². The van der Waals surface area contributed by atoms with E-state index >= 15 is 0 Å². The molecule has 1 unspecified atom stereocenters. The zero-order valence-electron chi connectivity index (χ0n) is 11.3. The highest BCUT2D eigenvalue weighted by molar-refractivity contribution is 5.94. The average Bonchev–Trinajstić information content (AvgIpc) is 2.35. The van der Waals surface area contributed by atoms with E-state index in [2.05, 4.69) is 17.1 Å². The second-order valence-corrected chi connectivity index (χ2v) is 5.33. The average molecular weight is 253 g/mol. The number of amides is 2. The van der Waals surface area contributed by atoms with Crippen LogP contribution in [0.1, 0.15) is 33.1 Å². The van der Waals surface area contributed by atoms with Crippen LogP contribution in [0.3, 0.4) is 0 Å². The topological polar surface area (TPSA) is 52.6 Å². The molecule has 0 aliphatic carbocycles. The number of hydrogen-bond donors (Lipinski definition) is 1. The lowest BCUT2D eigenvalue weighted by atomic mass is 10.0. The van der Waals surface area contributed by atoms with Crippen LogP contribution in [0.4, 0.5) is 0 Å². The summed E-state index contributed by atoms with van der Waals surface area (Å²) in [6, 6.07) is -0.112. The van der Waals surface area contributed by atoms with Gasteiger partial charge in [0.15, 0.2) is 0 Å². The quantitative estimate of drug-likeness (QED) is 0.782. The molecule has 0 aromatic heterocycles. The summed E-state index contributed by atoms with van der Waals surface area (Å²) < 4.78 is 0. The molecule has 0 saturated carbocycles. The highest BCUT2D eigenvalue weighted by Crippen LogP contribution is 2.19. The van der Waals surface area contributed by atoms with Crippen molar-refractivity contribution in [2.24, 2.45) is 0 Å². The third-order valence-corrected chi connectivity index (χ3v) is 3.88. The highest BCUT2D eigenvalue weighted by atomic mass is 16.2. The molecular weight excluding hydrogens is 230 g/mol. The number of likely N-dealkylation sites (tertiary alicyclic amines) is 1. The minimum Gasteiger partial charge on any atom is -0.343 e. The van der Waals surface area contributed by atoms with Crippen molar-refractivity contribution in [3.8, 4) is 0 Å². The summed E-state index contributed by atoms with van der Waals surface area (Å²) in [5.74, 6) is 0.0432. The van der Waals surface area contributed by atoms with Crippen molar-refractivity contribution in [3.63, 3.8) is 0 Å². The second kappa shape index (κ2) is 5.69. The number of nitrogens with zero attached hydrogens (tertiary/aromatic N) is 2. The van der Waals surface area contributed by atoms with E-state index in [-0.39, 0.29) is 30.4 Å². The molecule has 0 aromatic rings. The van der Waals surface area contributed by atoms with E-state index < -0.39 is 0 Å². The number of nitrogens with one attached hydrogen (secondary N) is 1. The van der Waals surface area contributed by atoms with Gasteiger partial charge in [0.2, 0.25) is 11.8 Å². The van der Waals surface area contributed by atoms with E-state index in [0.29, 0.717) is 0 Å². The van der Waals surface area contributed by atoms with E-state index in [4.69, 9.17) is 0 Å². The third-order valence-electron chi connectivity index (χ3n) is 3.88. The van der Waals surface area contributed by atoms with Crippen LogP contribution in [-0.2, 0) is 9.59 Å². The molecule has 18 heavy (non-hydrogen) atoms. The molecule has 2 aliphatic heterocycles. The zero-order chi connectivity index (χ0) is 13.1. The number of piperidine rings is 1. The van der Waals surface area contributed by atoms with Crippen LogP contribution in [0, 0.1) is 0 Å². The van der Waals surface area contributed by atoms with Crippen molar-refractivity contribution in [1.29, 1.82) is 0 Å². The van der Waals surface area contributed by atoms with Crippen LogP contribution >= 0.6 is 0 Å². The molecule has 2 saturated heterocycles. The fourth-order valence-corrected chi connectivity index (χ4v) is 2.91. The van der Waals surface area contributed by atoms with Crippen LogP contribution < -0.4 is 5.32 Å². The van der Waals surface area contributed by atoms with Crippen LogP contribution in [0.5, 0.6) is 0 Å². The molecule has 0 spiro atoms. The normalized spacial score (nSPS) is 27.4. The second-order valence-electron chi connectivity index (χ2n) is 5.33. The van der Waals surface area contributed by atoms with Crippen LogP contribution in [0.25, 0.3) is 0 Å². The Morgan fingerprint density at radius 3 is 2.56 bits per heavy atom. The van der Waals surface area contributed by atoms with Gasteiger partial charge in [-0.25, -0.2) is 0 Å². The Kier molecular flexibility index (Phi) is 4.22. The lowest BCUT2D eigenvalue weighted by molar-refractivity contribution is -0.147. The van der Waals surface area contributed by atoms with Gasteiger partial charge in [0, 0.05) is 19.1 Å². The van der Waals surface area contributed by atoms with Gasteiger partial charge in [-0.2, -0.15) is 0 Å². The first kappa shape index (κ1) is 13.3. The van der Waals surface area contributed by atoms with Crippen molar-refractivity contribution in [2.75, 3.05) is 26.2 Å². The summed E-state index contributed by atoms with van der Waals surface area (Å²) in [5, 5.41) is 2.69. The smallest absolute Gasteiger partial charge is 0.245 e. The van der Waals surface area contributed by atoms with Gasteiger partial charge in [-0.15, -0.1) is 0 Å². The van der Waals surface area contributed by atoms with Gasteiger partial charge in [-0.1, -0.05) is 6.92 Å². The molecule has 1 atom stereocenters. The standard InChI is InChI=1S/C13H23N3O2/c1-3-6-15-7-4-11(5-8-15)16-9-12(17)14-10(2)13(16)18/h10-11H,3-9H2,1-2H3,(H,14,17). The molecular formula is C13H23N3O2. The van der Waals surface area contributed by atoms with Crippen molar-refractivity contribution in [2.45, 2.75) is 45.2 Å². The molecule has 5 nitrogen and oxygen atoms in total. The Bertz CT molecular complexity index is 324. The summed E-state index contributed by atoms with van der Waals surface area (Å²) in [7, 11) is 0. The monoisotopic (exact) mass is 253 g/mol. The lowest BCUT2D eigenvalue weighted by Gasteiger charge is -2.41. The molecule has 5 heteroatoms. The summed E-state index contributed by atoms with van der Waals surface area (Å²) in [6.45, 7) is 7.40. The Labute approximate surface area is 108 Å². The summed E-state index contributed by atoms with van der Waals surface area (Å²) in [5.41, 5.74) is 0. The lowest BCUT2D eigenvalue weighted by Crippen LogP contribution is -2.61. The molecule has 2 fully saturated rings. The minimum absolute atomic E-state index is 0.0295. The molecule has 0 radical (unpaired) electrons. The molecule has 0 bridgehead atoms. The maximum absolute atomic E-state index is 12.1. The third kappa shape index (κ3) is 2.83. The number of piperazine rings is 1. The molecule has 2 amide bonds. The Hall–Kier alpha value is -1.10. The predicted molar refractivity (Wildman–Crippen MR) is 69.1 cm³/mol. The van der Waals surface area contributed by atoms with Gasteiger partial charge in [-0.05, 0) is 32.7 Å². The van der Waals surface area contributed by atoms with Gasteiger partial charge in [0.05, 0.1) is 6.54 Å². The fourth-order valence-electron chi connectivity index (χ4n) is 2.91. The molecule has 0 aromatic carbocycles. The van der Waals surface area contributed by atoms with Gasteiger partial charge in [0.25, 0.3) is 0 Å². The number of carbonyl (C=O) groups is 2. The fraction of sp³-hybridized carbons (Fsp3) is 0.846. The molecule has 2 heterocycles. The summed E-state index contributed by atoms with van der Waals surface area (Å²) in [6.07, 6.45) is 3.16. The molecule has 2 rings (SSSR count). The SMILES string of the molecule is CCCN1CCC(N2CC(=O)NC(C)C2=O)CC1. The largest absolute Gasteiger partial charge is 0.343 e. The highest BCUT2D eigenvalue weighted by Gasteiger charge is 2.35. The van der Waals surface area contributed by atoms with E-state index in [1.807, 2.05) is 0 Å². The van der Waals surface area contributed by atoms with Crippen molar-refractivity contribution >= 4 is 11.8 Å². The first-order valence-corrected chi connectivity index (χ1v) is 6.94. The van der Waals surface area contributed by atoms with Crippen molar-refractivity contribution in [1.82, 2.24) is 15.1 Å². The number of carbonyl (C=O) groups excluding carboxylic acids is 2. The molecule has 2 aliphatic rings. The maximum Gasteiger partial charge on any atom is 0.245 e. The first-order chi connectivity index (χ1) is 8.61. The van der Waals surface area contributed by atoms with E-state index in [9.17, 15) is 9.59 Å². The van der Waals surface area contributed by atoms with Gasteiger partial charge >= 0.3 is 0 Å². The van der Waals surface area contributed by atoms with Crippen LogP contribution in [0.15, 0.2) is 0 Å². The zero-order valence-corrected chi connectivity index (χ0v) is 11.3. The van der Waals surface area contributed by atoms with E-state index in [1.54, 1.807) is 11.8 Å². The van der Waals surface area contributed by atoms with Gasteiger partial charge in [0.1, 0.15) is 6.04 Å². The maximum atomic E-state index is 12.1.